The number of rotatable bonds is 4. The Labute approximate surface area is 111 Å². The Morgan fingerprint density at radius 1 is 1.47 bits per heavy atom. The summed E-state index contributed by atoms with van der Waals surface area (Å²) in [7, 11) is 1.48. The quantitative estimate of drug-likeness (QED) is 0.791. The summed E-state index contributed by atoms with van der Waals surface area (Å²) in [5.74, 6) is 0. The average molecular weight is 263 g/mol. The lowest BCUT2D eigenvalue weighted by atomic mass is 10.2. The van der Waals surface area contributed by atoms with Crippen molar-refractivity contribution in [2.75, 3.05) is 20.2 Å². The first-order valence-corrected chi connectivity index (χ1v) is 6.07. The van der Waals surface area contributed by atoms with Crippen molar-refractivity contribution in [2.45, 2.75) is 12.6 Å². The predicted molar refractivity (Wildman–Crippen MR) is 70.9 cm³/mol. The number of oxime groups is 1. The topological polar surface area (TPSA) is 72.0 Å². The van der Waals surface area contributed by atoms with Crippen molar-refractivity contribution in [3.8, 4) is 0 Å². The molecule has 102 valence electrons. The highest BCUT2D eigenvalue weighted by atomic mass is 16.6. The highest BCUT2D eigenvalue weighted by Crippen LogP contribution is 2.02. The van der Waals surface area contributed by atoms with Gasteiger partial charge in [0.25, 0.3) is 0 Å². The molecular formula is C13H17N3O3. The number of amides is 1. The molecule has 1 atom stereocenters. The second-order valence-corrected chi connectivity index (χ2v) is 4.15. The molecule has 0 saturated carbocycles. The number of nitrogens with zero attached hydrogens (tertiary/aromatic N) is 1. The fraction of sp³-hybridized carbons (Fsp3) is 0.385. The van der Waals surface area contributed by atoms with Crippen molar-refractivity contribution in [2.24, 2.45) is 5.16 Å². The Kier molecular flexibility index (Phi) is 4.74. The van der Waals surface area contributed by atoms with E-state index < -0.39 is 6.09 Å². The molecule has 0 spiro atoms. The zero-order chi connectivity index (χ0) is 13.5. The maximum atomic E-state index is 11.7. The van der Waals surface area contributed by atoms with Gasteiger partial charge in [-0.25, -0.2) is 4.79 Å². The molecule has 1 aliphatic heterocycles. The second-order valence-electron chi connectivity index (χ2n) is 4.15. The van der Waals surface area contributed by atoms with E-state index in [1.165, 1.54) is 7.11 Å². The standard InChI is InChI=1S/C13H17N3O3/c1-18-16-12-8-14-7-11(12)15-13(17)19-9-10-5-3-2-4-6-10/h2-6,11,14H,7-9H2,1H3,(H,15,17)/b16-12+. The van der Waals surface area contributed by atoms with E-state index in [0.717, 1.165) is 11.3 Å². The number of hydrogen-bond donors (Lipinski definition) is 2. The Morgan fingerprint density at radius 3 is 3.00 bits per heavy atom. The zero-order valence-electron chi connectivity index (χ0n) is 10.8. The highest BCUT2D eigenvalue weighted by Gasteiger charge is 2.25. The summed E-state index contributed by atoms with van der Waals surface area (Å²) >= 11 is 0. The molecule has 6 nitrogen and oxygen atoms in total. The normalized spacial score (nSPS) is 20.3. The van der Waals surface area contributed by atoms with Crippen molar-refractivity contribution in [1.29, 1.82) is 0 Å². The van der Waals surface area contributed by atoms with Crippen LogP contribution in [0.5, 0.6) is 0 Å². The van der Waals surface area contributed by atoms with Crippen LogP contribution in [0.1, 0.15) is 5.56 Å². The summed E-state index contributed by atoms with van der Waals surface area (Å²) < 4.78 is 5.14. The van der Waals surface area contributed by atoms with Crippen molar-refractivity contribution < 1.29 is 14.4 Å². The fourth-order valence-corrected chi connectivity index (χ4v) is 1.84. The van der Waals surface area contributed by atoms with Gasteiger partial charge in [-0.1, -0.05) is 35.5 Å². The predicted octanol–water partition coefficient (Wildman–Crippen LogP) is 0.887. The van der Waals surface area contributed by atoms with Gasteiger partial charge in [0.2, 0.25) is 0 Å². The molecule has 0 radical (unpaired) electrons. The summed E-state index contributed by atoms with van der Waals surface area (Å²) in [4.78, 5) is 16.4. The van der Waals surface area contributed by atoms with Gasteiger partial charge in [-0.05, 0) is 5.56 Å². The third-order valence-electron chi connectivity index (χ3n) is 2.77. The average Bonchev–Trinajstić information content (AvgIpc) is 2.85. The molecule has 2 rings (SSSR count). The molecule has 19 heavy (non-hydrogen) atoms. The minimum absolute atomic E-state index is 0.178. The molecule has 0 aromatic heterocycles. The lowest BCUT2D eigenvalue weighted by Gasteiger charge is -2.12. The van der Waals surface area contributed by atoms with Gasteiger partial charge in [0.05, 0.1) is 11.8 Å². The Bertz CT molecular complexity index is 448. The summed E-state index contributed by atoms with van der Waals surface area (Å²) in [6.45, 7) is 1.49. The Balaban J connectivity index is 1.80. The lowest BCUT2D eigenvalue weighted by molar-refractivity contribution is 0.138. The van der Waals surface area contributed by atoms with Crippen LogP contribution in [-0.2, 0) is 16.2 Å². The molecule has 1 saturated heterocycles. The molecule has 1 aromatic carbocycles. The van der Waals surface area contributed by atoms with Crippen LogP contribution in [0, 0.1) is 0 Å². The minimum atomic E-state index is -0.457. The number of hydrogen-bond acceptors (Lipinski definition) is 5. The van der Waals surface area contributed by atoms with E-state index in [1.807, 2.05) is 30.3 Å². The van der Waals surface area contributed by atoms with Gasteiger partial charge < -0.3 is 20.2 Å². The van der Waals surface area contributed by atoms with Gasteiger partial charge in [-0.3, -0.25) is 0 Å². The van der Waals surface area contributed by atoms with E-state index >= 15 is 0 Å². The van der Waals surface area contributed by atoms with Crippen molar-refractivity contribution in [1.82, 2.24) is 10.6 Å². The van der Waals surface area contributed by atoms with Gasteiger partial charge in [-0.15, -0.1) is 0 Å². The van der Waals surface area contributed by atoms with E-state index in [2.05, 4.69) is 15.8 Å². The van der Waals surface area contributed by atoms with Gasteiger partial charge in [0.1, 0.15) is 13.7 Å². The van der Waals surface area contributed by atoms with Crippen LogP contribution < -0.4 is 10.6 Å². The van der Waals surface area contributed by atoms with Crippen molar-refractivity contribution >= 4 is 11.8 Å². The van der Waals surface area contributed by atoms with Crippen LogP contribution in [0.3, 0.4) is 0 Å². The molecular weight excluding hydrogens is 246 g/mol. The number of carbonyl (C=O) groups is 1. The van der Waals surface area contributed by atoms with Crippen molar-refractivity contribution in [3.63, 3.8) is 0 Å². The Morgan fingerprint density at radius 2 is 2.26 bits per heavy atom. The molecule has 1 amide bonds. The molecule has 1 heterocycles. The maximum Gasteiger partial charge on any atom is 0.408 e. The van der Waals surface area contributed by atoms with E-state index in [-0.39, 0.29) is 12.6 Å². The van der Waals surface area contributed by atoms with Crippen molar-refractivity contribution in [3.05, 3.63) is 35.9 Å². The van der Waals surface area contributed by atoms with Crippen LogP contribution in [0.25, 0.3) is 0 Å². The summed E-state index contributed by atoms with van der Waals surface area (Å²) in [5.41, 5.74) is 1.71. The van der Waals surface area contributed by atoms with Crippen LogP contribution in [0.4, 0.5) is 4.79 Å². The number of benzene rings is 1. The summed E-state index contributed by atoms with van der Waals surface area (Å²) in [6, 6.07) is 9.36. The summed E-state index contributed by atoms with van der Waals surface area (Å²) in [6.07, 6.45) is -0.457. The van der Waals surface area contributed by atoms with Crippen LogP contribution in [0.15, 0.2) is 35.5 Å². The SMILES string of the molecule is CO/N=C1\CNCC1NC(=O)OCc1ccccc1. The largest absolute Gasteiger partial charge is 0.445 e. The molecule has 2 N–H and O–H groups in total. The molecule has 1 aliphatic rings. The molecule has 0 bridgehead atoms. The minimum Gasteiger partial charge on any atom is -0.445 e. The smallest absolute Gasteiger partial charge is 0.408 e. The maximum absolute atomic E-state index is 11.7. The van der Waals surface area contributed by atoms with Gasteiger partial charge in [0, 0.05) is 13.1 Å². The Hall–Kier alpha value is -2.08. The van der Waals surface area contributed by atoms with E-state index in [9.17, 15) is 4.79 Å². The third kappa shape index (κ3) is 3.96. The highest BCUT2D eigenvalue weighted by molar-refractivity contribution is 5.95. The lowest BCUT2D eigenvalue weighted by Crippen LogP contribution is -2.41. The molecule has 1 fully saturated rings. The number of carbonyl (C=O) groups excluding carboxylic acids is 1. The number of alkyl carbamates (subject to hydrolysis) is 1. The van der Waals surface area contributed by atoms with Crippen LogP contribution >= 0.6 is 0 Å². The second kappa shape index (κ2) is 6.75. The zero-order valence-corrected chi connectivity index (χ0v) is 10.8. The van der Waals surface area contributed by atoms with Gasteiger partial charge in [0.15, 0.2) is 0 Å². The first kappa shape index (κ1) is 13.4. The molecule has 6 heteroatoms. The molecule has 1 aromatic rings. The third-order valence-corrected chi connectivity index (χ3v) is 2.77. The number of nitrogens with one attached hydrogen (secondary N) is 2. The fourth-order valence-electron chi connectivity index (χ4n) is 1.84. The molecule has 0 aliphatic carbocycles. The van der Waals surface area contributed by atoms with Crippen LogP contribution in [0.2, 0.25) is 0 Å². The monoisotopic (exact) mass is 263 g/mol. The van der Waals surface area contributed by atoms with Gasteiger partial charge in [-0.2, -0.15) is 0 Å². The van der Waals surface area contributed by atoms with Gasteiger partial charge >= 0.3 is 6.09 Å². The van der Waals surface area contributed by atoms with E-state index in [1.54, 1.807) is 0 Å². The van der Waals surface area contributed by atoms with E-state index in [0.29, 0.717) is 13.1 Å². The first-order valence-electron chi connectivity index (χ1n) is 6.07. The summed E-state index contributed by atoms with van der Waals surface area (Å²) in [5, 5.41) is 9.72. The van der Waals surface area contributed by atoms with E-state index in [4.69, 9.17) is 9.57 Å². The number of ether oxygens (including phenoxy) is 1. The van der Waals surface area contributed by atoms with Crippen LogP contribution in [-0.4, -0.2) is 38.0 Å². The molecule has 1 unspecified atom stereocenters. The first-order chi connectivity index (χ1) is 9.29.